The number of methoxy groups -OCH3 is 1. The lowest BCUT2D eigenvalue weighted by molar-refractivity contribution is 0.0632. The molecule has 13 heteroatoms. The lowest BCUT2D eigenvalue weighted by atomic mass is 10.2. The Morgan fingerprint density at radius 3 is 2.32 bits per heavy atom. The fourth-order valence-corrected chi connectivity index (χ4v) is 5.99. The summed E-state index contributed by atoms with van der Waals surface area (Å²) in [6.07, 6.45) is 1.12. The van der Waals surface area contributed by atoms with Gasteiger partial charge < -0.3 is 19.3 Å². The molecule has 12 nitrogen and oxygen atoms in total. The maximum absolute atomic E-state index is 12.9. The SMILES string of the molecule is COc1ccc(S(=O)(=O)CCCN2CCN(CC(O)Cn3c(=O)c4c(ncn4C)n(C)c3=O)CC2)cc1. The highest BCUT2D eigenvalue weighted by Crippen LogP contribution is 2.17. The van der Waals surface area contributed by atoms with Gasteiger partial charge in [0.15, 0.2) is 21.0 Å². The van der Waals surface area contributed by atoms with E-state index in [2.05, 4.69) is 14.8 Å². The van der Waals surface area contributed by atoms with E-state index in [4.69, 9.17) is 4.74 Å². The maximum atomic E-state index is 12.9. The summed E-state index contributed by atoms with van der Waals surface area (Å²) in [5.74, 6) is 0.689. The normalized spacial score (nSPS) is 16.3. The molecule has 0 radical (unpaired) electrons. The minimum Gasteiger partial charge on any atom is -0.497 e. The van der Waals surface area contributed by atoms with Crippen LogP contribution >= 0.6 is 0 Å². The van der Waals surface area contributed by atoms with Crippen molar-refractivity contribution < 1.29 is 18.3 Å². The third kappa shape index (κ3) is 5.95. The minimum atomic E-state index is -3.35. The molecule has 0 bridgehead atoms. The molecule has 3 aromatic rings. The van der Waals surface area contributed by atoms with Gasteiger partial charge in [0.2, 0.25) is 0 Å². The Morgan fingerprint density at radius 1 is 1.03 bits per heavy atom. The standard InChI is InChI=1S/C24H34N6O6S/c1-26-17-25-22-21(26)23(32)30(24(33)27(22)2)16-18(31)15-29-12-10-28(11-13-29)9-4-14-37(34,35)20-7-5-19(36-3)6-8-20/h5-8,17-18,31H,4,9-16H2,1-3H3. The zero-order valence-corrected chi connectivity index (χ0v) is 22.2. The first-order chi connectivity index (χ1) is 17.6. The Hall–Kier alpha value is -3.00. The summed E-state index contributed by atoms with van der Waals surface area (Å²) < 4.78 is 34.2. The van der Waals surface area contributed by atoms with Gasteiger partial charge in [-0.3, -0.25) is 18.8 Å². The number of hydrogen-bond donors (Lipinski definition) is 1. The number of ether oxygens (including phenoxy) is 1. The topological polar surface area (TPSA) is 132 Å². The zero-order valence-electron chi connectivity index (χ0n) is 21.4. The van der Waals surface area contributed by atoms with Gasteiger partial charge in [0.05, 0.1) is 36.7 Å². The van der Waals surface area contributed by atoms with E-state index in [1.54, 1.807) is 42.9 Å². The van der Waals surface area contributed by atoms with Crippen LogP contribution in [0.1, 0.15) is 6.42 Å². The molecule has 1 aliphatic heterocycles. The second-order valence-corrected chi connectivity index (χ2v) is 11.5. The molecule has 37 heavy (non-hydrogen) atoms. The lowest BCUT2D eigenvalue weighted by Gasteiger charge is -2.35. The summed E-state index contributed by atoms with van der Waals surface area (Å²) >= 11 is 0. The number of aryl methyl sites for hydroxylation is 2. The average molecular weight is 535 g/mol. The molecule has 1 unspecified atom stereocenters. The predicted octanol–water partition coefficient (Wildman–Crippen LogP) is -0.715. The number of sulfone groups is 1. The van der Waals surface area contributed by atoms with E-state index in [0.717, 1.165) is 17.7 Å². The molecule has 0 aliphatic carbocycles. The first kappa shape index (κ1) is 27.0. The molecule has 0 amide bonds. The number of aliphatic hydroxyl groups is 1. The molecule has 1 atom stereocenters. The average Bonchev–Trinajstić information content (AvgIpc) is 3.28. The number of β-amino-alcohol motifs (C(OH)–C–C–N with tert-alkyl or cyclic N) is 1. The van der Waals surface area contributed by atoms with E-state index >= 15 is 0 Å². The van der Waals surface area contributed by atoms with Crippen LogP contribution in [-0.2, 0) is 30.5 Å². The molecule has 2 aromatic heterocycles. The first-order valence-corrected chi connectivity index (χ1v) is 13.9. The quantitative estimate of drug-likeness (QED) is 0.358. The summed E-state index contributed by atoms with van der Waals surface area (Å²) in [6.45, 7) is 3.80. The Kier molecular flexibility index (Phi) is 8.17. The first-order valence-electron chi connectivity index (χ1n) is 12.2. The van der Waals surface area contributed by atoms with E-state index in [9.17, 15) is 23.1 Å². The van der Waals surface area contributed by atoms with Crippen molar-refractivity contribution in [3.05, 3.63) is 51.4 Å². The van der Waals surface area contributed by atoms with Gasteiger partial charge in [-0.15, -0.1) is 0 Å². The molecule has 1 aliphatic rings. The summed E-state index contributed by atoms with van der Waals surface area (Å²) in [5.41, 5.74) is -0.343. The second kappa shape index (κ2) is 11.2. The van der Waals surface area contributed by atoms with Crippen molar-refractivity contribution in [2.45, 2.75) is 24.0 Å². The van der Waals surface area contributed by atoms with Gasteiger partial charge in [-0.1, -0.05) is 0 Å². The van der Waals surface area contributed by atoms with Crippen molar-refractivity contribution in [1.29, 1.82) is 0 Å². The number of rotatable bonds is 10. The molecule has 1 N–H and O–H groups in total. The Balaban J connectivity index is 1.25. The monoisotopic (exact) mass is 534 g/mol. The van der Waals surface area contributed by atoms with Crippen LogP contribution in [0.25, 0.3) is 11.2 Å². The third-order valence-electron chi connectivity index (χ3n) is 6.83. The molecule has 1 aromatic carbocycles. The van der Waals surface area contributed by atoms with Crippen LogP contribution in [0.2, 0.25) is 0 Å². The van der Waals surface area contributed by atoms with Gasteiger partial charge in [-0.05, 0) is 37.2 Å². The summed E-state index contributed by atoms with van der Waals surface area (Å²) in [4.78, 5) is 34.2. The lowest BCUT2D eigenvalue weighted by Crippen LogP contribution is -2.50. The summed E-state index contributed by atoms with van der Waals surface area (Å²) in [6, 6.07) is 6.42. The molecule has 0 saturated carbocycles. The molecule has 0 spiro atoms. The fraction of sp³-hybridized carbons (Fsp3) is 0.542. The summed E-state index contributed by atoms with van der Waals surface area (Å²) in [5, 5.41) is 10.7. The predicted molar refractivity (Wildman–Crippen MR) is 139 cm³/mol. The molecule has 1 saturated heterocycles. The van der Waals surface area contributed by atoms with Crippen LogP contribution in [0.15, 0.2) is 45.1 Å². The third-order valence-corrected chi connectivity index (χ3v) is 8.65. The largest absolute Gasteiger partial charge is 0.497 e. The highest BCUT2D eigenvalue weighted by atomic mass is 32.2. The van der Waals surface area contributed by atoms with Crippen LogP contribution in [0.5, 0.6) is 5.75 Å². The van der Waals surface area contributed by atoms with Gasteiger partial charge in [0.25, 0.3) is 5.56 Å². The Morgan fingerprint density at radius 2 is 1.68 bits per heavy atom. The molecular weight excluding hydrogens is 500 g/mol. The number of piperazine rings is 1. The zero-order chi connectivity index (χ0) is 26.7. The van der Waals surface area contributed by atoms with E-state index in [1.807, 2.05) is 0 Å². The van der Waals surface area contributed by atoms with Crippen molar-refractivity contribution in [3.8, 4) is 5.75 Å². The van der Waals surface area contributed by atoms with Gasteiger partial charge in [-0.2, -0.15) is 0 Å². The molecule has 3 heterocycles. The number of fused-ring (bicyclic) bond motifs is 1. The van der Waals surface area contributed by atoms with Crippen LogP contribution in [-0.4, -0.2) is 100 Å². The van der Waals surface area contributed by atoms with Crippen molar-refractivity contribution in [3.63, 3.8) is 0 Å². The molecule has 1 fully saturated rings. The number of hydrogen-bond acceptors (Lipinski definition) is 9. The second-order valence-electron chi connectivity index (χ2n) is 9.43. The van der Waals surface area contributed by atoms with E-state index in [-0.39, 0.29) is 12.3 Å². The highest BCUT2D eigenvalue weighted by molar-refractivity contribution is 7.91. The molecular formula is C24H34N6O6S. The smallest absolute Gasteiger partial charge is 0.332 e. The number of imidazole rings is 1. The number of aromatic nitrogens is 4. The van der Waals surface area contributed by atoms with Gasteiger partial charge >= 0.3 is 5.69 Å². The van der Waals surface area contributed by atoms with Crippen molar-refractivity contribution in [1.82, 2.24) is 28.5 Å². The van der Waals surface area contributed by atoms with Gasteiger partial charge in [0.1, 0.15) is 5.75 Å². The van der Waals surface area contributed by atoms with E-state index in [0.29, 0.717) is 54.4 Å². The van der Waals surface area contributed by atoms with Crippen molar-refractivity contribution in [2.75, 3.05) is 52.1 Å². The Labute approximate surface area is 215 Å². The van der Waals surface area contributed by atoms with Crippen molar-refractivity contribution >= 4 is 21.0 Å². The number of aliphatic hydroxyl groups excluding tert-OH is 1. The molecule has 202 valence electrons. The van der Waals surface area contributed by atoms with Crippen LogP contribution < -0.4 is 16.0 Å². The number of nitrogens with zero attached hydrogens (tertiary/aromatic N) is 6. The van der Waals surface area contributed by atoms with Crippen LogP contribution in [0.4, 0.5) is 0 Å². The van der Waals surface area contributed by atoms with Gasteiger partial charge in [0, 0.05) is 46.8 Å². The maximum Gasteiger partial charge on any atom is 0.332 e. The molecule has 4 rings (SSSR count). The fourth-order valence-electron chi connectivity index (χ4n) is 4.70. The van der Waals surface area contributed by atoms with Crippen molar-refractivity contribution in [2.24, 2.45) is 14.1 Å². The van der Waals surface area contributed by atoms with Crippen LogP contribution in [0.3, 0.4) is 0 Å². The number of benzene rings is 1. The van der Waals surface area contributed by atoms with E-state index < -0.39 is 27.2 Å². The van der Waals surface area contributed by atoms with Gasteiger partial charge in [-0.25, -0.2) is 18.2 Å². The highest BCUT2D eigenvalue weighted by Gasteiger charge is 2.22. The Bertz CT molecular complexity index is 1450. The summed E-state index contributed by atoms with van der Waals surface area (Å²) in [7, 11) is 1.43. The van der Waals surface area contributed by atoms with E-state index in [1.165, 1.54) is 18.0 Å². The van der Waals surface area contributed by atoms with Crippen LogP contribution in [0, 0.1) is 0 Å². The minimum absolute atomic E-state index is 0.0724.